The maximum Gasteiger partial charge on any atom is 0.340 e. The SMILES string of the molecule is COC(=O)C1=C(C)N(c2ccccc2Cl)C(=O)/C1=C\c1cccc(OC)c1OC. The van der Waals surface area contributed by atoms with Crippen LogP contribution in [0.15, 0.2) is 59.3 Å². The number of allylic oxidation sites excluding steroid dienone is 1. The van der Waals surface area contributed by atoms with Crippen molar-refractivity contribution in [3.63, 3.8) is 0 Å². The minimum Gasteiger partial charge on any atom is -0.493 e. The zero-order valence-electron chi connectivity index (χ0n) is 16.5. The van der Waals surface area contributed by atoms with E-state index in [1.165, 1.54) is 26.2 Å². The molecule has 2 aromatic carbocycles. The molecule has 0 atom stereocenters. The standard InChI is InChI=1S/C22H20ClNO5/c1-13-19(22(26)29-4)15(12-14-8-7-11-18(27-2)20(14)28-3)21(25)24(13)17-10-6-5-9-16(17)23/h5-12H,1-4H3/b15-12-. The highest BCUT2D eigenvalue weighted by atomic mass is 35.5. The van der Waals surface area contributed by atoms with Gasteiger partial charge in [-0.05, 0) is 31.2 Å². The average molecular weight is 414 g/mol. The van der Waals surface area contributed by atoms with Gasteiger partial charge in [-0.25, -0.2) is 4.79 Å². The fourth-order valence-electron chi connectivity index (χ4n) is 3.28. The van der Waals surface area contributed by atoms with Crippen molar-refractivity contribution in [2.24, 2.45) is 0 Å². The number of benzene rings is 2. The molecule has 0 radical (unpaired) electrons. The predicted octanol–water partition coefficient (Wildman–Crippen LogP) is 4.23. The average Bonchev–Trinajstić information content (AvgIpc) is 2.97. The molecule has 0 unspecified atom stereocenters. The molecule has 0 aromatic heterocycles. The second-order valence-electron chi connectivity index (χ2n) is 6.18. The molecule has 0 saturated heterocycles. The van der Waals surface area contributed by atoms with Crippen LogP contribution in [0.25, 0.3) is 6.08 Å². The van der Waals surface area contributed by atoms with Gasteiger partial charge in [0.1, 0.15) is 0 Å². The quantitative estimate of drug-likeness (QED) is 0.542. The van der Waals surface area contributed by atoms with Crippen LogP contribution < -0.4 is 14.4 Å². The van der Waals surface area contributed by atoms with Crippen LogP contribution in [0.4, 0.5) is 5.69 Å². The van der Waals surface area contributed by atoms with E-state index in [1.807, 2.05) is 0 Å². The topological polar surface area (TPSA) is 65.1 Å². The lowest BCUT2D eigenvalue weighted by Gasteiger charge is -2.19. The van der Waals surface area contributed by atoms with E-state index < -0.39 is 5.97 Å². The van der Waals surface area contributed by atoms with E-state index in [-0.39, 0.29) is 17.1 Å². The molecule has 1 aliphatic rings. The molecule has 3 rings (SSSR count). The molecule has 0 fully saturated rings. The maximum absolute atomic E-state index is 13.3. The monoisotopic (exact) mass is 413 g/mol. The molecule has 0 bridgehead atoms. The Hall–Kier alpha value is -3.25. The molecule has 1 aliphatic heterocycles. The number of carbonyl (C=O) groups is 2. The Kier molecular flexibility index (Phi) is 5.94. The Balaban J connectivity index is 2.21. The molecule has 150 valence electrons. The molecule has 1 heterocycles. The third kappa shape index (κ3) is 3.59. The number of para-hydroxylation sites is 2. The molecule has 2 aromatic rings. The molecule has 1 amide bonds. The van der Waals surface area contributed by atoms with Crippen molar-refractivity contribution in [2.75, 3.05) is 26.2 Å². The van der Waals surface area contributed by atoms with Crippen LogP contribution >= 0.6 is 11.6 Å². The molecule has 7 heteroatoms. The Morgan fingerprint density at radius 1 is 1.03 bits per heavy atom. The zero-order chi connectivity index (χ0) is 21.1. The predicted molar refractivity (Wildman–Crippen MR) is 111 cm³/mol. The van der Waals surface area contributed by atoms with E-state index in [0.29, 0.717) is 33.5 Å². The Labute approximate surface area is 173 Å². The van der Waals surface area contributed by atoms with Gasteiger partial charge >= 0.3 is 5.97 Å². The molecule has 0 N–H and O–H groups in total. The van der Waals surface area contributed by atoms with E-state index in [0.717, 1.165) is 0 Å². The number of methoxy groups -OCH3 is 3. The van der Waals surface area contributed by atoms with Gasteiger partial charge in [0, 0.05) is 11.3 Å². The van der Waals surface area contributed by atoms with Gasteiger partial charge in [0.05, 0.1) is 43.2 Å². The van der Waals surface area contributed by atoms with Gasteiger partial charge in [0.15, 0.2) is 11.5 Å². The molecule has 6 nitrogen and oxygen atoms in total. The molecule has 0 aliphatic carbocycles. The number of ether oxygens (including phenoxy) is 3. The summed E-state index contributed by atoms with van der Waals surface area (Å²) in [6.45, 7) is 1.68. The third-order valence-corrected chi connectivity index (χ3v) is 4.94. The first-order chi connectivity index (χ1) is 13.9. The van der Waals surface area contributed by atoms with Gasteiger partial charge in [-0.3, -0.25) is 9.69 Å². The first-order valence-corrected chi connectivity index (χ1v) is 9.13. The van der Waals surface area contributed by atoms with Gasteiger partial charge in [-0.15, -0.1) is 0 Å². The third-order valence-electron chi connectivity index (χ3n) is 4.62. The second kappa shape index (κ2) is 8.41. The summed E-state index contributed by atoms with van der Waals surface area (Å²) in [6, 6.07) is 12.2. The normalized spacial score (nSPS) is 15.1. The van der Waals surface area contributed by atoms with E-state index in [2.05, 4.69) is 0 Å². The summed E-state index contributed by atoms with van der Waals surface area (Å²) in [5.41, 5.74) is 1.86. The molecular weight excluding hydrogens is 394 g/mol. The number of anilines is 1. The summed E-state index contributed by atoms with van der Waals surface area (Å²) >= 11 is 6.30. The van der Waals surface area contributed by atoms with Crippen LogP contribution in [0, 0.1) is 0 Å². The van der Waals surface area contributed by atoms with Crippen LogP contribution in [0.2, 0.25) is 5.02 Å². The van der Waals surface area contributed by atoms with Crippen molar-refractivity contribution in [1.29, 1.82) is 0 Å². The molecule has 0 spiro atoms. The first-order valence-electron chi connectivity index (χ1n) is 8.75. The van der Waals surface area contributed by atoms with E-state index in [1.54, 1.807) is 55.5 Å². The summed E-state index contributed by atoms with van der Waals surface area (Å²) in [5.74, 6) is -0.0386. The van der Waals surface area contributed by atoms with E-state index >= 15 is 0 Å². The fraction of sp³-hybridized carbons (Fsp3) is 0.182. The lowest BCUT2D eigenvalue weighted by molar-refractivity contribution is -0.136. The highest BCUT2D eigenvalue weighted by molar-refractivity contribution is 6.35. The summed E-state index contributed by atoms with van der Waals surface area (Å²) in [6.07, 6.45) is 1.59. The highest BCUT2D eigenvalue weighted by Gasteiger charge is 2.38. The van der Waals surface area contributed by atoms with E-state index in [4.69, 9.17) is 25.8 Å². The van der Waals surface area contributed by atoms with Gasteiger partial charge < -0.3 is 14.2 Å². The van der Waals surface area contributed by atoms with E-state index in [9.17, 15) is 9.59 Å². The lowest BCUT2D eigenvalue weighted by Crippen LogP contribution is -2.24. The number of halogens is 1. The molecule has 0 saturated carbocycles. The number of rotatable bonds is 5. The van der Waals surface area contributed by atoms with Crippen molar-refractivity contribution in [1.82, 2.24) is 0 Å². The number of hydrogen-bond acceptors (Lipinski definition) is 5. The number of carbonyl (C=O) groups excluding carboxylic acids is 2. The van der Waals surface area contributed by atoms with Crippen LogP contribution in [0.1, 0.15) is 12.5 Å². The number of nitrogens with zero attached hydrogens (tertiary/aromatic N) is 1. The summed E-state index contributed by atoms with van der Waals surface area (Å²) in [4.78, 5) is 27.3. The van der Waals surface area contributed by atoms with Gasteiger partial charge in [0.2, 0.25) is 0 Å². The van der Waals surface area contributed by atoms with Crippen LogP contribution in [0.5, 0.6) is 11.5 Å². The van der Waals surface area contributed by atoms with Crippen LogP contribution in [-0.4, -0.2) is 33.2 Å². The van der Waals surface area contributed by atoms with Crippen LogP contribution in [0.3, 0.4) is 0 Å². The van der Waals surface area contributed by atoms with Crippen molar-refractivity contribution in [2.45, 2.75) is 6.92 Å². The Morgan fingerprint density at radius 2 is 1.76 bits per heavy atom. The smallest absolute Gasteiger partial charge is 0.340 e. The number of amides is 1. The Bertz CT molecular complexity index is 1040. The number of hydrogen-bond donors (Lipinski definition) is 0. The summed E-state index contributed by atoms with van der Waals surface area (Å²) in [5, 5.41) is 0.393. The van der Waals surface area contributed by atoms with Gasteiger partial charge in [-0.1, -0.05) is 35.9 Å². The summed E-state index contributed by atoms with van der Waals surface area (Å²) < 4.78 is 15.7. The molecular formula is C22H20ClNO5. The first kappa shape index (κ1) is 20.5. The van der Waals surface area contributed by atoms with Gasteiger partial charge in [-0.2, -0.15) is 0 Å². The van der Waals surface area contributed by atoms with Crippen molar-refractivity contribution in [3.05, 3.63) is 69.9 Å². The highest BCUT2D eigenvalue weighted by Crippen LogP contribution is 2.40. The number of esters is 1. The minimum absolute atomic E-state index is 0.169. The largest absolute Gasteiger partial charge is 0.493 e. The summed E-state index contributed by atoms with van der Waals surface area (Å²) in [7, 11) is 4.31. The maximum atomic E-state index is 13.3. The molecule has 29 heavy (non-hydrogen) atoms. The van der Waals surface area contributed by atoms with Crippen molar-refractivity contribution in [3.8, 4) is 11.5 Å². The Morgan fingerprint density at radius 3 is 2.38 bits per heavy atom. The minimum atomic E-state index is -0.612. The van der Waals surface area contributed by atoms with Crippen molar-refractivity contribution < 1.29 is 23.8 Å². The zero-order valence-corrected chi connectivity index (χ0v) is 17.2. The van der Waals surface area contributed by atoms with Gasteiger partial charge in [0.25, 0.3) is 5.91 Å². The lowest BCUT2D eigenvalue weighted by atomic mass is 10.0. The van der Waals surface area contributed by atoms with Crippen LogP contribution in [-0.2, 0) is 14.3 Å². The fourth-order valence-corrected chi connectivity index (χ4v) is 3.50. The second-order valence-corrected chi connectivity index (χ2v) is 6.59. The van der Waals surface area contributed by atoms with Crippen molar-refractivity contribution >= 4 is 35.2 Å².